The molecule has 0 aliphatic carbocycles. The van der Waals surface area contributed by atoms with Crippen molar-refractivity contribution in [2.24, 2.45) is 0 Å². The van der Waals surface area contributed by atoms with Gasteiger partial charge in [-0.25, -0.2) is 4.68 Å². The van der Waals surface area contributed by atoms with Gasteiger partial charge in [-0.3, -0.25) is 4.79 Å². The Morgan fingerprint density at radius 1 is 1.00 bits per heavy atom. The number of benzene rings is 3. The van der Waals surface area contributed by atoms with Crippen LogP contribution in [-0.4, -0.2) is 26.4 Å². The van der Waals surface area contributed by atoms with Crippen LogP contribution in [0.5, 0.6) is 5.75 Å². The zero-order chi connectivity index (χ0) is 27.4. The standard InChI is InChI=1S/C31H33N5O2S/c1-5-18-39-31-34-30-32-22(4)27(29(37)33-24-16-12-21(3)13-17-24)28(36(30)35-31)25-8-6-7-9-26(25)38-19-23-14-10-20(2)11-15-23/h6-17,28H,5,18-19H2,1-4H3,(H,33,37)(H,32,34,35). The van der Waals surface area contributed by atoms with Gasteiger partial charge in [0.25, 0.3) is 5.91 Å². The first-order valence-electron chi connectivity index (χ1n) is 13.2. The van der Waals surface area contributed by atoms with E-state index in [1.807, 2.05) is 67.1 Å². The number of aromatic nitrogens is 3. The molecule has 2 heterocycles. The van der Waals surface area contributed by atoms with E-state index in [0.717, 1.165) is 40.2 Å². The van der Waals surface area contributed by atoms with E-state index >= 15 is 0 Å². The van der Waals surface area contributed by atoms with Gasteiger partial charge in [-0.2, -0.15) is 4.98 Å². The predicted molar refractivity (Wildman–Crippen MR) is 157 cm³/mol. The molecule has 3 aromatic carbocycles. The second-order valence-electron chi connectivity index (χ2n) is 9.71. The fraction of sp³-hybridized carbons (Fsp3) is 0.258. The van der Waals surface area contributed by atoms with Crippen LogP contribution in [0.1, 0.15) is 48.6 Å². The Balaban J connectivity index is 1.53. The Labute approximate surface area is 233 Å². The van der Waals surface area contributed by atoms with Crippen LogP contribution in [0, 0.1) is 13.8 Å². The lowest BCUT2D eigenvalue weighted by atomic mass is 9.94. The van der Waals surface area contributed by atoms with Gasteiger partial charge >= 0.3 is 0 Å². The van der Waals surface area contributed by atoms with E-state index in [2.05, 4.69) is 48.7 Å². The van der Waals surface area contributed by atoms with Crippen molar-refractivity contribution in [3.63, 3.8) is 0 Å². The average molecular weight is 540 g/mol. The molecule has 0 saturated heterocycles. The van der Waals surface area contributed by atoms with E-state index in [4.69, 9.17) is 14.8 Å². The molecule has 1 amide bonds. The SMILES string of the molecule is CCCSc1nc2n(n1)C(c1ccccc1OCc1ccc(C)cc1)C(C(=O)Nc1ccc(C)cc1)=C(C)N2. The topological polar surface area (TPSA) is 81.1 Å². The molecule has 8 heteroatoms. The van der Waals surface area contributed by atoms with Gasteiger partial charge in [0.2, 0.25) is 11.1 Å². The van der Waals surface area contributed by atoms with E-state index in [9.17, 15) is 4.79 Å². The lowest BCUT2D eigenvalue weighted by Gasteiger charge is -2.29. The van der Waals surface area contributed by atoms with Gasteiger partial charge in [0.15, 0.2) is 0 Å². The molecule has 39 heavy (non-hydrogen) atoms. The van der Waals surface area contributed by atoms with Crippen molar-refractivity contribution in [2.75, 3.05) is 16.4 Å². The molecule has 2 N–H and O–H groups in total. The van der Waals surface area contributed by atoms with Gasteiger partial charge in [-0.1, -0.05) is 84.4 Å². The zero-order valence-electron chi connectivity index (χ0n) is 22.7. The number of fused-ring (bicyclic) bond motifs is 1. The summed E-state index contributed by atoms with van der Waals surface area (Å²) in [5, 5.41) is 11.9. The smallest absolute Gasteiger partial charge is 0.255 e. The van der Waals surface area contributed by atoms with E-state index in [1.165, 1.54) is 5.56 Å². The molecule has 0 spiro atoms. The zero-order valence-corrected chi connectivity index (χ0v) is 23.5. The highest BCUT2D eigenvalue weighted by molar-refractivity contribution is 7.99. The largest absolute Gasteiger partial charge is 0.489 e. The minimum absolute atomic E-state index is 0.203. The highest BCUT2D eigenvalue weighted by Gasteiger charge is 2.36. The van der Waals surface area contributed by atoms with Gasteiger partial charge < -0.3 is 15.4 Å². The Kier molecular flexibility index (Phi) is 8.02. The Bertz CT molecular complexity index is 1490. The first kappa shape index (κ1) is 26.6. The average Bonchev–Trinajstić information content (AvgIpc) is 3.34. The number of allylic oxidation sites excluding steroid dienone is 1. The third-order valence-electron chi connectivity index (χ3n) is 6.55. The Hall–Kier alpha value is -4.04. The van der Waals surface area contributed by atoms with E-state index in [0.29, 0.717) is 29.0 Å². The molecule has 0 radical (unpaired) electrons. The number of hydrogen-bond donors (Lipinski definition) is 2. The summed E-state index contributed by atoms with van der Waals surface area (Å²) in [6.07, 6.45) is 1.02. The number of para-hydroxylation sites is 1. The van der Waals surface area contributed by atoms with Crippen molar-refractivity contribution < 1.29 is 9.53 Å². The van der Waals surface area contributed by atoms with Crippen molar-refractivity contribution in [1.82, 2.24) is 14.8 Å². The van der Waals surface area contributed by atoms with Crippen LogP contribution in [-0.2, 0) is 11.4 Å². The number of rotatable bonds is 9. The van der Waals surface area contributed by atoms with Crippen molar-refractivity contribution in [3.8, 4) is 5.75 Å². The maximum absolute atomic E-state index is 13.8. The minimum Gasteiger partial charge on any atom is -0.489 e. The fourth-order valence-corrected chi connectivity index (χ4v) is 5.17. The van der Waals surface area contributed by atoms with Gasteiger partial charge in [-0.05, 0) is 51.0 Å². The lowest BCUT2D eigenvalue weighted by molar-refractivity contribution is -0.113. The molecule has 1 aliphatic rings. The predicted octanol–water partition coefficient (Wildman–Crippen LogP) is 6.90. The first-order chi connectivity index (χ1) is 18.9. The number of anilines is 2. The van der Waals surface area contributed by atoms with E-state index in [1.54, 1.807) is 11.8 Å². The molecule has 200 valence electrons. The molecule has 4 aromatic rings. The molecule has 7 nitrogen and oxygen atoms in total. The normalized spacial score (nSPS) is 14.5. The minimum atomic E-state index is -0.524. The highest BCUT2D eigenvalue weighted by atomic mass is 32.2. The number of nitrogens with zero attached hydrogens (tertiary/aromatic N) is 3. The number of aryl methyl sites for hydroxylation is 2. The van der Waals surface area contributed by atoms with Gasteiger partial charge in [0.05, 0.1) is 5.57 Å². The second kappa shape index (κ2) is 11.8. The summed E-state index contributed by atoms with van der Waals surface area (Å²) in [5.74, 6) is 2.02. The molecule has 1 aliphatic heterocycles. The van der Waals surface area contributed by atoms with Crippen LogP contribution in [0.15, 0.2) is 89.2 Å². The summed E-state index contributed by atoms with van der Waals surface area (Å²) in [5.41, 5.74) is 6.27. The number of ether oxygens (including phenoxy) is 1. The van der Waals surface area contributed by atoms with Gasteiger partial charge in [-0.15, -0.1) is 5.10 Å². The fourth-order valence-electron chi connectivity index (χ4n) is 4.49. The van der Waals surface area contributed by atoms with Crippen molar-refractivity contribution in [1.29, 1.82) is 0 Å². The molecule has 1 atom stereocenters. The molecular weight excluding hydrogens is 506 g/mol. The van der Waals surface area contributed by atoms with E-state index < -0.39 is 6.04 Å². The summed E-state index contributed by atoms with van der Waals surface area (Å²) in [6, 6.07) is 23.4. The van der Waals surface area contributed by atoms with Crippen LogP contribution >= 0.6 is 11.8 Å². The number of hydrogen-bond acceptors (Lipinski definition) is 6. The quantitative estimate of drug-likeness (QED) is 0.225. The molecular formula is C31H33N5O2S. The Morgan fingerprint density at radius 2 is 1.69 bits per heavy atom. The lowest BCUT2D eigenvalue weighted by Crippen LogP contribution is -2.31. The van der Waals surface area contributed by atoms with Crippen LogP contribution < -0.4 is 15.4 Å². The second-order valence-corrected chi connectivity index (χ2v) is 10.8. The number of carbonyl (C=O) groups excluding carboxylic acids is 1. The molecule has 5 rings (SSSR count). The maximum atomic E-state index is 13.8. The molecule has 0 bridgehead atoms. The number of carbonyl (C=O) groups is 1. The number of nitrogens with one attached hydrogen (secondary N) is 2. The summed E-state index contributed by atoms with van der Waals surface area (Å²) in [7, 11) is 0. The van der Waals surface area contributed by atoms with Crippen LogP contribution in [0.3, 0.4) is 0 Å². The van der Waals surface area contributed by atoms with Crippen LogP contribution in [0.2, 0.25) is 0 Å². The van der Waals surface area contributed by atoms with Crippen molar-refractivity contribution in [3.05, 3.63) is 106 Å². The Morgan fingerprint density at radius 3 is 2.41 bits per heavy atom. The summed E-state index contributed by atoms with van der Waals surface area (Å²) < 4.78 is 8.17. The van der Waals surface area contributed by atoms with Gasteiger partial charge in [0, 0.05) is 22.7 Å². The number of thioether (sulfide) groups is 1. The van der Waals surface area contributed by atoms with Gasteiger partial charge in [0.1, 0.15) is 18.4 Å². The molecule has 1 aromatic heterocycles. The molecule has 1 unspecified atom stereocenters. The third kappa shape index (κ3) is 6.01. The number of amides is 1. The summed E-state index contributed by atoms with van der Waals surface area (Å²) >= 11 is 1.61. The molecule has 0 saturated carbocycles. The summed E-state index contributed by atoms with van der Waals surface area (Å²) in [4.78, 5) is 18.6. The van der Waals surface area contributed by atoms with Crippen LogP contribution in [0.4, 0.5) is 11.6 Å². The third-order valence-corrected chi connectivity index (χ3v) is 7.59. The van der Waals surface area contributed by atoms with Crippen molar-refractivity contribution >= 4 is 29.3 Å². The highest BCUT2D eigenvalue weighted by Crippen LogP contribution is 2.40. The first-order valence-corrected chi connectivity index (χ1v) is 14.1. The monoisotopic (exact) mass is 539 g/mol. The summed E-state index contributed by atoms with van der Waals surface area (Å²) in [6.45, 7) is 8.54. The molecule has 0 fully saturated rings. The van der Waals surface area contributed by atoms with Crippen molar-refractivity contribution in [2.45, 2.75) is 51.9 Å². The maximum Gasteiger partial charge on any atom is 0.255 e. The van der Waals surface area contributed by atoms with E-state index in [-0.39, 0.29) is 5.91 Å². The van der Waals surface area contributed by atoms with Crippen LogP contribution in [0.25, 0.3) is 0 Å².